The molecule has 0 spiro atoms. The van der Waals surface area contributed by atoms with Crippen LogP contribution in [-0.2, 0) is 0 Å². The van der Waals surface area contributed by atoms with Gasteiger partial charge in [0.15, 0.2) is 5.78 Å². The van der Waals surface area contributed by atoms with Gasteiger partial charge in [0.25, 0.3) is 0 Å². The first-order chi connectivity index (χ1) is 8.91. The highest BCUT2D eigenvalue weighted by molar-refractivity contribution is 5.95. The number of rotatable bonds is 2. The van der Waals surface area contributed by atoms with Crippen LogP contribution in [0.5, 0.6) is 0 Å². The van der Waals surface area contributed by atoms with Crippen molar-refractivity contribution in [3.63, 3.8) is 0 Å². The van der Waals surface area contributed by atoms with Gasteiger partial charge in [-0.1, -0.05) is 18.2 Å². The van der Waals surface area contributed by atoms with E-state index in [0.29, 0.717) is 11.5 Å². The lowest BCUT2D eigenvalue weighted by Crippen LogP contribution is -2.51. The van der Waals surface area contributed by atoms with Crippen LogP contribution in [0.15, 0.2) is 30.3 Å². The van der Waals surface area contributed by atoms with Crippen LogP contribution in [-0.4, -0.2) is 34.4 Å². The Balaban J connectivity index is 2.45. The first-order valence-electron chi connectivity index (χ1n) is 6.15. The second-order valence-corrected chi connectivity index (χ2v) is 4.77. The van der Waals surface area contributed by atoms with Gasteiger partial charge < -0.3 is 0 Å². The molecule has 0 bridgehead atoms. The van der Waals surface area contributed by atoms with Gasteiger partial charge in [0.05, 0.1) is 13.1 Å². The molecule has 1 aromatic rings. The number of hydrogen-bond acceptors (Lipinski definition) is 4. The zero-order valence-electron chi connectivity index (χ0n) is 11.4. The standard InChI is InChI=1S/C14H18N4O/c1-9-7-13(18(16)14(15)17(9)3)12-6-4-5-11(8-12)10(2)19/h4-9,15H,16H2,1-3H3/p+1. The van der Waals surface area contributed by atoms with Crippen LogP contribution in [0.4, 0.5) is 0 Å². The molecule has 0 aromatic heterocycles. The maximum atomic E-state index is 11.4. The maximum Gasteiger partial charge on any atom is 0.368 e. The second-order valence-electron chi connectivity index (χ2n) is 4.77. The summed E-state index contributed by atoms with van der Waals surface area (Å²) in [6.45, 7) is 3.58. The van der Waals surface area contributed by atoms with Crippen molar-refractivity contribution in [2.75, 3.05) is 7.05 Å². The number of likely N-dealkylation sites (N-methyl/N-ethyl adjacent to an activating group) is 1. The van der Waals surface area contributed by atoms with E-state index in [-0.39, 0.29) is 11.8 Å². The Morgan fingerprint density at radius 2 is 2.11 bits per heavy atom. The number of benzene rings is 1. The van der Waals surface area contributed by atoms with Gasteiger partial charge in [0, 0.05) is 11.1 Å². The van der Waals surface area contributed by atoms with Gasteiger partial charge in [0.2, 0.25) is 0 Å². The van der Waals surface area contributed by atoms with Gasteiger partial charge in [-0.3, -0.25) is 15.1 Å². The first kappa shape index (κ1) is 13.3. The number of nitrogens with zero attached hydrogens (tertiary/aromatic N) is 2. The van der Waals surface area contributed by atoms with Gasteiger partial charge >= 0.3 is 5.96 Å². The lowest BCUT2D eigenvalue weighted by molar-refractivity contribution is -0.528. The van der Waals surface area contributed by atoms with Crippen LogP contribution >= 0.6 is 0 Å². The van der Waals surface area contributed by atoms with Crippen molar-refractivity contribution in [2.45, 2.75) is 19.9 Å². The maximum absolute atomic E-state index is 11.4. The Morgan fingerprint density at radius 3 is 2.74 bits per heavy atom. The Labute approximate surface area is 112 Å². The van der Waals surface area contributed by atoms with Crippen molar-refractivity contribution < 1.29 is 9.37 Å². The third kappa shape index (κ3) is 2.37. The molecule has 4 N–H and O–H groups in total. The second kappa shape index (κ2) is 4.85. The Kier molecular flexibility index (Phi) is 3.40. The number of nitrogens with two attached hydrogens (primary N) is 2. The van der Waals surface area contributed by atoms with E-state index in [9.17, 15) is 4.79 Å². The molecule has 5 nitrogen and oxygen atoms in total. The van der Waals surface area contributed by atoms with Crippen molar-refractivity contribution in [3.8, 4) is 0 Å². The van der Waals surface area contributed by atoms with E-state index in [0.717, 1.165) is 11.3 Å². The summed E-state index contributed by atoms with van der Waals surface area (Å²) in [4.78, 5) is 11.4. The summed E-state index contributed by atoms with van der Waals surface area (Å²) in [7, 11) is 1.89. The molecule has 19 heavy (non-hydrogen) atoms. The molecule has 0 saturated carbocycles. The normalized spacial score (nSPS) is 19.5. The molecule has 0 radical (unpaired) electrons. The zero-order valence-corrected chi connectivity index (χ0v) is 11.4. The van der Waals surface area contributed by atoms with E-state index in [4.69, 9.17) is 11.6 Å². The largest absolute Gasteiger partial charge is 0.368 e. The van der Waals surface area contributed by atoms with Crippen molar-refractivity contribution in [2.24, 2.45) is 11.6 Å². The Hall–Kier alpha value is -2.14. The number of Topliss-reactive ketones (excluding diaryl/α,β-unsaturated/α-hetero) is 1. The molecule has 5 heteroatoms. The van der Waals surface area contributed by atoms with Gasteiger partial charge in [-0.25, -0.2) is 0 Å². The number of hydrazine groups is 1. The Morgan fingerprint density at radius 1 is 1.42 bits per heavy atom. The third-order valence-corrected chi connectivity index (χ3v) is 3.44. The van der Waals surface area contributed by atoms with E-state index in [1.54, 1.807) is 13.0 Å². The van der Waals surface area contributed by atoms with Crippen LogP contribution < -0.4 is 11.6 Å². The summed E-state index contributed by atoms with van der Waals surface area (Å²) in [5.74, 6) is 6.53. The summed E-state index contributed by atoms with van der Waals surface area (Å²) in [5.41, 5.74) is 8.34. The number of hydrogen-bond donors (Lipinski definition) is 2. The third-order valence-electron chi connectivity index (χ3n) is 3.44. The monoisotopic (exact) mass is 259 g/mol. The van der Waals surface area contributed by atoms with Crippen molar-refractivity contribution in [3.05, 3.63) is 41.5 Å². The smallest absolute Gasteiger partial charge is 0.295 e. The van der Waals surface area contributed by atoms with Crippen molar-refractivity contribution in [1.29, 1.82) is 0 Å². The van der Waals surface area contributed by atoms with Gasteiger partial charge in [-0.05, 0) is 26.0 Å². The van der Waals surface area contributed by atoms with E-state index in [1.165, 1.54) is 5.01 Å². The predicted octanol–water partition coefficient (Wildman–Crippen LogP) is 0.765. The zero-order chi connectivity index (χ0) is 14.2. The van der Waals surface area contributed by atoms with Crippen LogP contribution in [0.3, 0.4) is 0 Å². The van der Waals surface area contributed by atoms with Gasteiger partial charge in [0.1, 0.15) is 5.70 Å². The van der Waals surface area contributed by atoms with Crippen LogP contribution in [0.25, 0.3) is 5.70 Å². The highest BCUT2D eigenvalue weighted by atomic mass is 16.1. The van der Waals surface area contributed by atoms with Crippen LogP contribution in [0.1, 0.15) is 29.8 Å². The minimum absolute atomic E-state index is 0.0314. The lowest BCUT2D eigenvalue weighted by atomic mass is 10.0. The molecule has 1 aromatic carbocycles. The molecular weight excluding hydrogens is 240 g/mol. The fourth-order valence-electron chi connectivity index (χ4n) is 2.06. The first-order valence-corrected chi connectivity index (χ1v) is 6.15. The molecule has 100 valence electrons. The summed E-state index contributed by atoms with van der Waals surface area (Å²) >= 11 is 0. The summed E-state index contributed by atoms with van der Waals surface area (Å²) in [6.07, 6.45) is 2.02. The molecule has 2 rings (SSSR count). The van der Waals surface area contributed by atoms with E-state index < -0.39 is 0 Å². The van der Waals surface area contributed by atoms with Gasteiger partial charge in [-0.15, -0.1) is 0 Å². The van der Waals surface area contributed by atoms with Crippen LogP contribution in [0.2, 0.25) is 0 Å². The molecule has 0 aliphatic carbocycles. The van der Waals surface area contributed by atoms with Crippen LogP contribution in [0, 0.1) is 0 Å². The molecule has 1 aliphatic rings. The molecule has 0 amide bonds. The summed E-state index contributed by atoms with van der Waals surface area (Å²) < 4.78 is 1.89. The predicted molar refractivity (Wildman–Crippen MR) is 75.3 cm³/mol. The van der Waals surface area contributed by atoms with Crippen molar-refractivity contribution in [1.82, 2.24) is 5.01 Å². The number of carbonyl (C=O) groups is 1. The lowest BCUT2D eigenvalue weighted by Gasteiger charge is -2.24. The SMILES string of the molecule is CC(=O)c1cccc(C2=CC(C)[N+](C)=C(N)N2N)c1. The highest BCUT2D eigenvalue weighted by Crippen LogP contribution is 2.21. The summed E-state index contributed by atoms with van der Waals surface area (Å²) in [6, 6.07) is 7.54. The molecule has 0 fully saturated rings. The average molecular weight is 259 g/mol. The number of ketones is 1. The molecular formula is C14H19N4O+. The van der Waals surface area contributed by atoms with E-state index >= 15 is 0 Å². The van der Waals surface area contributed by atoms with E-state index in [2.05, 4.69) is 0 Å². The fourth-order valence-corrected chi connectivity index (χ4v) is 2.06. The van der Waals surface area contributed by atoms with E-state index in [1.807, 2.05) is 42.8 Å². The average Bonchev–Trinajstić information content (AvgIpc) is 2.40. The molecule has 0 saturated heterocycles. The molecule has 1 heterocycles. The van der Waals surface area contributed by atoms with Gasteiger partial charge in [-0.2, -0.15) is 10.9 Å². The minimum atomic E-state index is 0.0314. The fraction of sp³-hybridized carbons (Fsp3) is 0.286. The highest BCUT2D eigenvalue weighted by Gasteiger charge is 2.27. The topological polar surface area (TPSA) is 75.4 Å². The quantitative estimate of drug-likeness (QED) is 0.467. The molecule has 1 unspecified atom stereocenters. The Bertz CT molecular complexity index is 589. The summed E-state index contributed by atoms with van der Waals surface area (Å²) in [5, 5.41) is 1.44. The van der Waals surface area contributed by atoms with Crippen molar-refractivity contribution >= 4 is 17.4 Å². The number of carbonyl (C=O) groups excluding carboxylic acids is 1. The molecule has 1 atom stereocenters. The molecule has 1 aliphatic heterocycles. The minimum Gasteiger partial charge on any atom is -0.295 e. The number of guanidine groups is 1.